The van der Waals surface area contributed by atoms with Crippen LogP contribution < -0.4 is 20.0 Å². The molecule has 0 radical (unpaired) electrons. The Kier molecular flexibility index (Phi) is 15.5. The minimum atomic E-state index is -0.447. The molecule has 2 aromatic rings. The standard InChI is InChI=1S/C19H29N3O3.C10H12BrNO.C9H18N2O2/c1-19(2,3)25-18(23)22-10-8-20(9-11-22)16-6-4-5-7-17(16)21-12-14-24-15-13-21;11-9-3-1-2-4-10(9)12-5-7-13-8-6-12;1-9(2,3)13-8(12)11-6-4-10-5-7-11/h4-7H,8-15H2,1-3H3;1-4H,5-8H2;10H,4-7H2,1-3H3. The fourth-order valence-corrected chi connectivity index (χ4v) is 6.48. The van der Waals surface area contributed by atoms with Gasteiger partial charge in [0, 0.05) is 83.0 Å². The fourth-order valence-electron chi connectivity index (χ4n) is 5.95. The number of benzene rings is 2. The van der Waals surface area contributed by atoms with Crippen LogP contribution in [0, 0.1) is 0 Å². The van der Waals surface area contributed by atoms with Gasteiger partial charge in [-0.2, -0.15) is 0 Å². The third-order valence-electron chi connectivity index (χ3n) is 8.48. The molecule has 0 aliphatic carbocycles. The Balaban J connectivity index is 0.000000189. The van der Waals surface area contributed by atoms with Crippen molar-refractivity contribution >= 4 is 45.2 Å². The van der Waals surface area contributed by atoms with Crippen LogP contribution in [0.25, 0.3) is 0 Å². The molecular weight excluding hydrogens is 716 g/mol. The van der Waals surface area contributed by atoms with E-state index in [1.807, 2.05) is 47.6 Å². The summed E-state index contributed by atoms with van der Waals surface area (Å²) in [6.45, 7) is 24.6. The molecule has 2 aromatic carbocycles. The van der Waals surface area contributed by atoms with E-state index in [0.717, 1.165) is 96.3 Å². The first kappa shape index (κ1) is 40.5. The summed E-state index contributed by atoms with van der Waals surface area (Å²) >= 11 is 3.55. The number of hydrogen-bond acceptors (Lipinski definition) is 10. The summed E-state index contributed by atoms with van der Waals surface area (Å²) in [6.07, 6.45) is -0.414. The molecule has 12 nitrogen and oxygen atoms in total. The molecule has 4 aliphatic heterocycles. The highest BCUT2D eigenvalue weighted by atomic mass is 79.9. The molecule has 13 heteroatoms. The molecule has 4 aliphatic rings. The van der Waals surface area contributed by atoms with Crippen LogP contribution in [0.5, 0.6) is 0 Å². The molecule has 0 unspecified atom stereocenters. The van der Waals surface area contributed by atoms with Crippen molar-refractivity contribution in [3.05, 3.63) is 53.0 Å². The van der Waals surface area contributed by atoms with E-state index in [2.05, 4.69) is 78.4 Å². The van der Waals surface area contributed by atoms with Gasteiger partial charge in [-0.25, -0.2) is 9.59 Å². The number of hydrogen-bond donors (Lipinski definition) is 1. The monoisotopic (exact) mass is 774 g/mol. The van der Waals surface area contributed by atoms with Crippen molar-refractivity contribution in [3.8, 4) is 0 Å². The quantitative estimate of drug-likeness (QED) is 0.419. The normalized spacial score (nSPS) is 18.5. The van der Waals surface area contributed by atoms with E-state index in [0.29, 0.717) is 13.1 Å². The largest absolute Gasteiger partial charge is 0.444 e. The van der Waals surface area contributed by atoms with E-state index >= 15 is 0 Å². The minimum absolute atomic E-state index is 0.200. The van der Waals surface area contributed by atoms with Crippen LogP contribution in [0.3, 0.4) is 0 Å². The Hall–Kier alpha value is -3.26. The molecule has 2 amide bonds. The molecule has 4 heterocycles. The van der Waals surface area contributed by atoms with E-state index in [9.17, 15) is 9.59 Å². The van der Waals surface area contributed by atoms with Crippen molar-refractivity contribution < 1.29 is 28.5 Å². The molecule has 0 bridgehead atoms. The van der Waals surface area contributed by atoms with Crippen LogP contribution in [-0.4, -0.2) is 138 Å². The predicted octanol–water partition coefficient (Wildman–Crippen LogP) is 5.69. The summed E-state index contributed by atoms with van der Waals surface area (Å²) in [5.41, 5.74) is 2.94. The van der Waals surface area contributed by atoms with E-state index in [-0.39, 0.29) is 17.8 Å². The zero-order valence-corrected chi connectivity index (χ0v) is 33.1. The second kappa shape index (κ2) is 19.5. The number of rotatable bonds is 3. The van der Waals surface area contributed by atoms with Crippen molar-refractivity contribution in [2.75, 3.05) is 120 Å². The van der Waals surface area contributed by atoms with Crippen molar-refractivity contribution in [1.29, 1.82) is 0 Å². The highest BCUT2D eigenvalue weighted by molar-refractivity contribution is 9.10. The number of piperazine rings is 2. The van der Waals surface area contributed by atoms with E-state index < -0.39 is 5.60 Å². The van der Waals surface area contributed by atoms with Crippen LogP contribution >= 0.6 is 15.9 Å². The number of nitrogens with zero attached hydrogens (tertiary/aromatic N) is 5. The van der Waals surface area contributed by atoms with Crippen LogP contribution in [0.4, 0.5) is 26.7 Å². The summed E-state index contributed by atoms with van der Waals surface area (Å²) in [7, 11) is 0. The molecule has 4 fully saturated rings. The third-order valence-corrected chi connectivity index (χ3v) is 9.15. The number of morpholine rings is 2. The van der Waals surface area contributed by atoms with Gasteiger partial charge in [0.2, 0.25) is 0 Å². The van der Waals surface area contributed by atoms with Gasteiger partial charge in [0.25, 0.3) is 0 Å². The average molecular weight is 776 g/mol. The van der Waals surface area contributed by atoms with E-state index in [1.165, 1.54) is 17.1 Å². The summed E-state index contributed by atoms with van der Waals surface area (Å²) in [4.78, 5) is 34.4. The number of ether oxygens (including phenoxy) is 4. The van der Waals surface area contributed by atoms with Crippen molar-refractivity contribution in [3.63, 3.8) is 0 Å². The first-order chi connectivity index (χ1) is 24.3. The predicted molar refractivity (Wildman–Crippen MR) is 207 cm³/mol. The van der Waals surface area contributed by atoms with Gasteiger partial charge in [-0.3, -0.25) is 0 Å². The maximum atomic E-state index is 12.2. The highest BCUT2D eigenvalue weighted by Crippen LogP contribution is 2.31. The summed E-state index contributed by atoms with van der Waals surface area (Å²) in [5.74, 6) is 0. The van der Waals surface area contributed by atoms with Crippen LogP contribution in [0.1, 0.15) is 41.5 Å². The van der Waals surface area contributed by atoms with Crippen LogP contribution in [0.2, 0.25) is 0 Å². The molecular formula is C38H59BrN6O6. The number of nitrogens with one attached hydrogen (secondary N) is 1. The van der Waals surface area contributed by atoms with Crippen molar-refractivity contribution in [1.82, 2.24) is 15.1 Å². The number of carbonyl (C=O) groups is 2. The van der Waals surface area contributed by atoms with Gasteiger partial charge in [-0.15, -0.1) is 0 Å². The topological polar surface area (TPSA) is 99.3 Å². The Labute approximate surface area is 313 Å². The van der Waals surface area contributed by atoms with E-state index in [1.54, 1.807) is 9.80 Å². The maximum absolute atomic E-state index is 12.2. The third kappa shape index (κ3) is 13.7. The van der Waals surface area contributed by atoms with Crippen molar-refractivity contribution in [2.24, 2.45) is 0 Å². The molecule has 0 spiro atoms. The van der Waals surface area contributed by atoms with E-state index in [4.69, 9.17) is 18.9 Å². The van der Waals surface area contributed by atoms with Crippen molar-refractivity contribution in [2.45, 2.75) is 52.7 Å². The Morgan fingerprint density at radius 2 is 0.941 bits per heavy atom. The summed E-state index contributed by atoms with van der Waals surface area (Å²) < 4.78 is 22.7. The second-order valence-electron chi connectivity index (χ2n) is 14.8. The lowest BCUT2D eigenvalue weighted by Gasteiger charge is -2.39. The fraction of sp³-hybridized carbons (Fsp3) is 0.632. The number of carbonyl (C=O) groups excluding carboxylic acids is 2. The van der Waals surface area contributed by atoms with Gasteiger partial charge in [-0.1, -0.05) is 24.3 Å². The zero-order valence-electron chi connectivity index (χ0n) is 31.5. The summed E-state index contributed by atoms with van der Waals surface area (Å²) in [6, 6.07) is 16.8. The van der Waals surface area contributed by atoms with Gasteiger partial charge < -0.3 is 48.8 Å². The molecule has 284 valence electrons. The minimum Gasteiger partial charge on any atom is -0.444 e. The number of para-hydroxylation sites is 3. The van der Waals surface area contributed by atoms with Crippen LogP contribution in [-0.2, 0) is 18.9 Å². The van der Waals surface area contributed by atoms with Crippen LogP contribution in [0.15, 0.2) is 53.0 Å². The Morgan fingerprint density at radius 1 is 0.569 bits per heavy atom. The van der Waals surface area contributed by atoms with Gasteiger partial charge in [0.15, 0.2) is 0 Å². The molecule has 0 saturated carbocycles. The average Bonchev–Trinajstić information content (AvgIpc) is 3.12. The first-order valence-corrected chi connectivity index (χ1v) is 19.0. The Morgan fingerprint density at radius 3 is 1.37 bits per heavy atom. The van der Waals surface area contributed by atoms with Gasteiger partial charge in [-0.05, 0) is 81.7 Å². The smallest absolute Gasteiger partial charge is 0.410 e. The molecule has 0 atom stereocenters. The number of anilines is 3. The van der Waals surface area contributed by atoms with Gasteiger partial charge in [0.1, 0.15) is 11.2 Å². The SMILES string of the molecule is Brc1ccccc1N1CCOCC1.CC(C)(C)OC(=O)N1CCN(c2ccccc2N2CCOCC2)CC1.CC(C)(C)OC(=O)N1CCNCC1. The number of halogens is 1. The molecule has 51 heavy (non-hydrogen) atoms. The van der Waals surface area contributed by atoms with Gasteiger partial charge >= 0.3 is 12.2 Å². The number of amides is 2. The maximum Gasteiger partial charge on any atom is 0.410 e. The zero-order chi connectivity index (χ0) is 36.9. The second-order valence-corrected chi connectivity index (χ2v) is 15.7. The molecule has 0 aromatic heterocycles. The molecule has 4 saturated heterocycles. The lowest BCUT2D eigenvalue weighted by molar-refractivity contribution is 0.0223. The molecule has 1 N–H and O–H groups in total. The van der Waals surface area contributed by atoms with Gasteiger partial charge in [0.05, 0.1) is 43.5 Å². The lowest BCUT2D eigenvalue weighted by Crippen LogP contribution is -2.50. The highest BCUT2D eigenvalue weighted by Gasteiger charge is 2.28. The first-order valence-electron chi connectivity index (χ1n) is 18.2. The Bertz CT molecular complexity index is 1360. The summed E-state index contributed by atoms with van der Waals surface area (Å²) in [5, 5.41) is 3.18. The molecule has 6 rings (SSSR count). The lowest BCUT2D eigenvalue weighted by atomic mass is 10.2.